The van der Waals surface area contributed by atoms with Crippen LogP contribution >= 0.6 is 11.3 Å². The summed E-state index contributed by atoms with van der Waals surface area (Å²) in [7, 11) is 3.46. The zero-order chi connectivity index (χ0) is 14.8. The SMILES string of the molecule is CNC1COCC1C(=O)Nc1nc2ccc(OC)cc2s1. The highest BCUT2D eigenvalue weighted by atomic mass is 32.1. The van der Waals surface area contributed by atoms with E-state index in [1.807, 2.05) is 25.2 Å². The average Bonchev–Trinajstić information content (AvgIpc) is 3.11. The number of carbonyl (C=O) groups excluding carboxylic acids is 1. The smallest absolute Gasteiger partial charge is 0.233 e. The number of nitrogens with one attached hydrogen (secondary N) is 2. The van der Waals surface area contributed by atoms with Gasteiger partial charge in [-0.3, -0.25) is 4.79 Å². The molecule has 112 valence electrons. The molecule has 0 radical (unpaired) electrons. The van der Waals surface area contributed by atoms with Crippen LogP contribution < -0.4 is 15.4 Å². The molecule has 3 rings (SSSR count). The number of amides is 1. The van der Waals surface area contributed by atoms with Crippen LogP contribution in [-0.2, 0) is 9.53 Å². The monoisotopic (exact) mass is 307 g/mol. The second kappa shape index (κ2) is 5.97. The maximum absolute atomic E-state index is 12.3. The molecule has 2 atom stereocenters. The third-order valence-corrected chi connectivity index (χ3v) is 4.55. The van der Waals surface area contributed by atoms with Crippen molar-refractivity contribution < 1.29 is 14.3 Å². The molecule has 2 aromatic rings. The van der Waals surface area contributed by atoms with Gasteiger partial charge in [-0.05, 0) is 25.2 Å². The van der Waals surface area contributed by atoms with E-state index in [1.54, 1.807) is 7.11 Å². The number of rotatable bonds is 4. The highest BCUT2D eigenvalue weighted by Gasteiger charge is 2.33. The Balaban J connectivity index is 1.76. The minimum atomic E-state index is -0.184. The Hall–Kier alpha value is -1.70. The van der Waals surface area contributed by atoms with E-state index < -0.39 is 0 Å². The van der Waals surface area contributed by atoms with Crippen molar-refractivity contribution in [1.29, 1.82) is 0 Å². The highest BCUT2D eigenvalue weighted by molar-refractivity contribution is 7.22. The van der Waals surface area contributed by atoms with Crippen molar-refractivity contribution in [2.75, 3.05) is 32.7 Å². The number of hydrogen-bond acceptors (Lipinski definition) is 6. The molecule has 1 saturated heterocycles. The Labute approximate surface area is 126 Å². The Morgan fingerprint density at radius 2 is 2.33 bits per heavy atom. The Kier molecular flexibility index (Phi) is 4.05. The number of hydrogen-bond donors (Lipinski definition) is 2. The highest BCUT2D eigenvalue weighted by Crippen LogP contribution is 2.29. The zero-order valence-corrected chi connectivity index (χ0v) is 12.7. The van der Waals surface area contributed by atoms with E-state index in [2.05, 4.69) is 15.6 Å². The first kappa shape index (κ1) is 14.2. The molecule has 1 aliphatic rings. The maximum Gasteiger partial charge on any atom is 0.233 e. The van der Waals surface area contributed by atoms with E-state index in [0.717, 1.165) is 16.0 Å². The van der Waals surface area contributed by atoms with E-state index in [1.165, 1.54) is 11.3 Å². The van der Waals surface area contributed by atoms with E-state index >= 15 is 0 Å². The molecule has 1 aliphatic heterocycles. The van der Waals surface area contributed by atoms with Crippen LogP contribution in [0.1, 0.15) is 0 Å². The normalized spacial score (nSPS) is 21.6. The first-order valence-electron chi connectivity index (χ1n) is 6.71. The Morgan fingerprint density at radius 3 is 3.10 bits per heavy atom. The lowest BCUT2D eigenvalue weighted by Crippen LogP contribution is -2.39. The molecule has 1 amide bonds. The van der Waals surface area contributed by atoms with Crippen LogP contribution in [0.2, 0.25) is 0 Å². The van der Waals surface area contributed by atoms with Crippen molar-refractivity contribution in [3.63, 3.8) is 0 Å². The number of benzene rings is 1. The quantitative estimate of drug-likeness (QED) is 0.895. The molecule has 0 aliphatic carbocycles. The van der Waals surface area contributed by atoms with Crippen molar-refractivity contribution in [2.24, 2.45) is 5.92 Å². The fraction of sp³-hybridized carbons (Fsp3) is 0.429. The molecule has 1 aromatic heterocycles. The fourth-order valence-corrected chi connectivity index (χ4v) is 3.28. The summed E-state index contributed by atoms with van der Waals surface area (Å²) in [5.74, 6) is 0.540. The molecule has 0 spiro atoms. The molecule has 2 heterocycles. The number of fused-ring (bicyclic) bond motifs is 1. The van der Waals surface area contributed by atoms with E-state index in [9.17, 15) is 4.79 Å². The second-order valence-electron chi connectivity index (χ2n) is 4.88. The van der Waals surface area contributed by atoms with Crippen molar-refractivity contribution in [1.82, 2.24) is 10.3 Å². The number of anilines is 1. The summed E-state index contributed by atoms with van der Waals surface area (Å²) in [6, 6.07) is 5.71. The number of nitrogens with zero attached hydrogens (tertiary/aromatic N) is 1. The maximum atomic E-state index is 12.3. The van der Waals surface area contributed by atoms with Crippen molar-refractivity contribution in [3.05, 3.63) is 18.2 Å². The number of likely N-dealkylation sites (N-methyl/N-ethyl adjacent to an activating group) is 1. The number of methoxy groups -OCH3 is 1. The lowest BCUT2D eigenvalue weighted by Gasteiger charge is -2.15. The van der Waals surface area contributed by atoms with Crippen LogP contribution in [-0.4, -0.2) is 44.3 Å². The lowest BCUT2D eigenvalue weighted by atomic mass is 10.0. The molecule has 1 fully saturated rings. The molecule has 0 saturated carbocycles. The predicted molar refractivity (Wildman–Crippen MR) is 82.0 cm³/mol. The summed E-state index contributed by atoms with van der Waals surface area (Å²) < 4.78 is 11.5. The lowest BCUT2D eigenvalue weighted by molar-refractivity contribution is -0.120. The van der Waals surface area contributed by atoms with Gasteiger partial charge < -0.3 is 20.1 Å². The molecule has 7 heteroatoms. The predicted octanol–water partition coefficient (Wildman–Crippen LogP) is 1.48. The van der Waals surface area contributed by atoms with Gasteiger partial charge in [0.05, 0.1) is 36.5 Å². The van der Waals surface area contributed by atoms with Crippen molar-refractivity contribution in [3.8, 4) is 5.75 Å². The number of carbonyl (C=O) groups is 1. The summed E-state index contributed by atoms with van der Waals surface area (Å²) in [5, 5.41) is 6.59. The van der Waals surface area contributed by atoms with Gasteiger partial charge in [-0.25, -0.2) is 4.98 Å². The van der Waals surface area contributed by atoms with Gasteiger partial charge in [-0.1, -0.05) is 11.3 Å². The molecule has 2 N–H and O–H groups in total. The third kappa shape index (κ3) is 2.85. The Bertz CT molecular complexity index is 658. The zero-order valence-electron chi connectivity index (χ0n) is 11.9. The summed E-state index contributed by atoms with van der Waals surface area (Å²) in [4.78, 5) is 16.7. The fourth-order valence-electron chi connectivity index (χ4n) is 2.38. The van der Waals surface area contributed by atoms with Gasteiger partial charge in [0.25, 0.3) is 0 Å². The molecule has 0 bridgehead atoms. The first-order chi connectivity index (χ1) is 10.2. The van der Waals surface area contributed by atoms with Crippen molar-refractivity contribution >= 4 is 32.6 Å². The van der Waals surface area contributed by atoms with Crippen LogP contribution in [0, 0.1) is 5.92 Å². The number of aromatic nitrogens is 1. The van der Waals surface area contributed by atoms with E-state index in [4.69, 9.17) is 9.47 Å². The summed E-state index contributed by atoms with van der Waals surface area (Å²) in [6.07, 6.45) is 0. The van der Waals surface area contributed by atoms with E-state index in [-0.39, 0.29) is 17.9 Å². The number of thiazole rings is 1. The average molecular weight is 307 g/mol. The van der Waals surface area contributed by atoms with Gasteiger partial charge in [0.2, 0.25) is 5.91 Å². The Morgan fingerprint density at radius 1 is 1.48 bits per heavy atom. The standard InChI is InChI=1S/C14H17N3O3S/c1-15-11-7-20-6-9(11)13(18)17-14-16-10-4-3-8(19-2)5-12(10)21-14/h3-5,9,11,15H,6-7H2,1-2H3,(H,16,17,18). The molecule has 21 heavy (non-hydrogen) atoms. The van der Waals surface area contributed by atoms with Crippen LogP contribution in [0.15, 0.2) is 18.2 Å². The van der Waals surface area contributed by atoms with Gasteiger partial charge in [-0.2, -0.15) is 0 Å². The van der Waals surface area contributed by atoms with Gasteiger partial charge in [0.1, 0.15) is 5.75 Å². The summed E-state index contributed by atoms with van der Waals surface area (Å²) in [5.41, 5.74) is 0.851. The van der Waals surface area contributed by atoms with E-state index in [0.29, 0.717) is 18.3 Å². The topological polar surface area (TPSA) is 72.5 Å². The van der Waals surface area contributed by atoms with Gasteiger partial charge in [-0.15, -0.1) is 0 Å². The molecule has 6 nitrogen and oxygen atoms in total. The number of ether oxygens (including phenoxy) is 2. The van der Waals surface area contributed by atoms with Crippen LogP contribution in [0.4, 0.5) is 5.13 Å². The third-order valence-electron chi connectivity index (χ3n) is 3.61. The minimum absolute atomic E-state index is 0.0551. The summed E-state index contributed by atoms with van der Waals surface area (Å²) >= 11 is 1.44. The first-order valence-corrected chi connectivity index (χ1v) is 7.53. The summed E-state index contributed by atoms with van der Waals surface area (Å²) in [6.45, 7) is 1.00. The second-order valence-corrected chi connectivity index (χ2v) is 5.91. The van der Waals surface area contributed by atoms with Crippen LogP contribution in [0.25, 0.3) is 10.2 Å². The van der Waals surface area contributed by atoms with Crippen LogP contribution in [0.5, 0.6) is 5.75 Å². The van der Waals surface area contributed by atoms with Gasteiger partial charge in [0, 0.05) is 6.04 Å². The molecule has 2 unspecified atom stereocenters. The van der Waals surface area contributed by atoms with Gasteiger partial charge in [0.15, 0.2) is 5.13 Å². The van der Waals surface area contributed by atoms with Gasteiger partial charge >= 0.3 is 0 Å². The molecule has 1 aromatic carbocycles. The molecular weight excluding hydrogens is 290 g/mol. The largest absolute Gasteiger partial charge is 0.497 e. The van der Waals surface area contributed by atoms with Crippen molar-refractivity contribution in [2.45, 2.75) is 6.04 Å². The minimum Gasteiger partial charge on any atom is -0.497 e. The molecular formula is C14H17N3O3S. The van der Waals surface area contributed by atoms with Crippen LogP contribution in [0.3, 0.4) is 0 Å².